The molecule has 0 spiro atoms. The number of urea groups is 1. The zero-order chi connectivity index (χ0) is 27.5. The lowest BCUT2D eigenvalue weighted by molar-refractivity contribution is 0.202. The highest BCUT2D eigenvalue weighted by atomic mass is 32.2. The molecule has 0 saturated heterocycles. The number of hydrogen-bond donors (Lipinski definition) is 1. The number of carbonyl (C=O) groups is 1. The van der Waals surface area contributed by atoms with Crippen LogP contribution in [0.2, 0.25) is 0 Å². The number of aryl methyl sites for hydroxylation is 3. The summed E-state index contributed by atoms with van der Waals surface area (Å²) in [5.41, 5.74) is 6.97. The van der Waals surface area contributed by atoms with Gasteiger partial charge in [-0.2, -0.15) is 0 Å². The third kappa shape index (κ3) is 6.03. The van der Waals surface area contributed by atoms with Crippen molar-refractivity contribution in [3.8, 4) is 11.1 Å². The van der Waals surface area contributed by atoms with Crippen molar-refractivity contribution >= 4 is 57.5 Å². The van der Waals surface area contributed by atoms with E-state index in [4.69, 9.17) is 4.42 Å². The molecular weight excluding hydrogens is 543 g/mol. The highest BCUT2D eigenvalue weighted by Crippen LogP contribution is 2.38. The van der Waals surface area contributed by atoms with Gasteiger partial charge in [-0.25, -0.2) is 9.78 Å². The van der Waals surface area contributed by atoms with Crippen LogP contribution in [0, 0.1) is 20.8 Å². The van der Waals surface area contributed by atoms with E-state index in [9.17, 15) is 4.79 Å². The zero-order valence-corrected chi connectivity index (χ0v) is 25.2. The molecule has 0 radical (unpaired) electrons. The van der Waals surface area contributed by atoms with Crippen LogP contribution in [0.15, 0.2) is 80.4 Å². The van der Waals surface area contributed by atoms with E-state index in [0.717, 1.165) is 59.6 Å². The first-order valence-electron chi connectivity index (χ1n) is 12.6. The molecule has 0 saturated carbocycles. The highest BCUT2D eigenvalue weighted by Gasteiger charge is 2.24. The minimum absolute atomic E-state index is 0.189. The molecular formula is C31H31N3O2S3. The van der Waals surface area contributed by atoms with Gasteiger partial charge < -0.3 is 14.6 Å². The van der Waals surface area contributed by atoms with Gasteiger partial charge in [0.25, 0.3) is 0 Å². The number of hydrogen-bond acceptors (Lipinski definition) is 6. The van der Waals surface area contributed by atoms with Crippen molar-refractivity contribution in [1.29, 1.82) is 0 Å². The number of benzene rings is 2. The van der Waals surface area contributed by atoms with Gasteiger partial charge in [-0.3, -0.25) is 0 Å². The average Bonchev–Trinajstić information content (AvgIpc) is 3.56. The topological polar surface area (TPSA) is 58.4 Å². The summed E-state index contributed by atoms with van der Waals surface area (Å²) in [6.45, 7) is 6.94. The molecule has 1 N–H and O–H groups in total. The van der Waals surface area contributed by atoms with Gasteiger partial charge in [0, 0.05) is 26.4 Å². The van der Waals surface area contributed by atoms with Crippen molar-refractivity contribution in [2.45, 2.75) is 43.8 Å². The SMILES string of the molecule is CSc1cc(C)nc(SC)c1NC(=O)N(Cc1cccs1)Cc1oc2ccc(C)cc2c1-c1ccc(C)cc1. The summed E-state index contributed by atoms with van der Waals surface area (Å²) in [7, 11) is 0. The molecule has 5 aromatic rings. The first-order valence-corrected chi connectivity index (χ1v) is 16.0. The Bertz CT molecular complexity index is 1580. The third-order valence-corrected chi connectivity index (χ3v) is 8.83. The molecule has 0 aliphatic rings. The molecule has 0 atom stereocenters. The number of fused-ring (bicyclic) bond motifs is 1. The molecule has 0 aliphatic carbocycles. The molecule has 0 fully saturated rings. The van der Waals surface area contributed by atoms with Crippen molar-refractivity contribution in [2.24, 2.45) is 0 Å². The second-order valence-electron chi connectivity index (χ2n) is 9.48. The van der Waals surface area contributed by atoms with E-state index >= 15 is 0 Å². The average molecular weight is 574 g/mol. The number of aromatic nitrogens is 1. The maximum atomic E-state index is 14.0. The van der Waals surface area contributed by atoms with Crippen LogP contribution < -0.4 is 5.32 Å². The molecule has 5 rings (SSSR count). The number of pyridine rings is 1. The Morgan fingerprint density at radius 1 is 0.974 bits per heavy atom. The van der Waals surface area contributed by atoms with Gasteiger partial charge in [0.15, 0.2) is 0 Å². The van der Waals surface area contributed by atoms with E-state index in [0.29, 0.717) is 13.1 Å². The Hall–Kier alpha value is -3.20. The molecule has 3 aromatic heterocycles. The second-order valence-corrected chi connectivity index (χ2v) is 12.2. The van der Waals surface area contributed by atoms with Gasteiger partial charge >= 0.3 is 6.03 Å². The van der Waals surface area contributed by atoms with E-state index in [-0.39, 0.29) is 6.03 Å². The summed E-state index contributed by atoms with van der Waals surface area (Å²) in [6.07, 6.45) is 4.00. The smallest absolute Gasteiger partial charge is 0.322 e. The zero-order valence-electron chi connectivity index (χ0n) is 22.7. The predicted molar refractivity (Wildman–Crippen MR) is 166 cm³/mol. The maximum Gasteiger partial charge on any atom is 0.322 e. The van der Waals surface area contributed by atoms with Crippen molar-refractivity contribution in [2.75, 3.05) is 17.8 Å². The minimum Gasteiger partial charge on any atom is -0.459 e. The monoisotopic (exact) mass is 573 g/mol. The maximum absolute atomic E-state index is 14.0. The van der Waals surface area contributed by atoms with Crippen LogP contribution in [0.4, 0.5) is 10.5 Å². The highest BCUT2D eigenvalue weighted by molar-refractivity contribution is 7.99. The Morgan fingerprint density at radius 3 is 2.44 bits per heavy atom. The fourth-order valence-electron chi connectivity index (χ4n) is 4.60. The summed E-state index contributed by atoms with van der Waals surface area (Å²) >= 11 is 4.78. The lowest BCUT2D eigenvalue weighted by Crippen LogP contribution is -2.34. The molecule has 0 bridgehead atoms. The number of thiophene rings is 1. The Labute approximate surface area is 242 Å². The predicted octanol–water partition coefficient (Wildman–Crippen LogP) is 9.16. The molecule has 200 valence electrons. The lowest BCUT2D eigenvalue weighted by Gasteiger charge is -2.24. The molecule has 5 nitrogen and oxygen atoms in total. The van der Waals surface area contributed by atoms with Gasteiger partial charge in [0.2, 0.25) is 0 Å². The van der Waals surface area contributed by atoms with E-state index in [2.05, 4.69) is 66.6 Å². The molecule has 2 amide bonds. The van der Waals surface area contributed by atoms with Crippen LogP contribution in [0.3, 0.4) is 0 Å². The van der Waals surface area contributed by atoms with E-state index in [1.165, 1.54) is 17.3 Å². The number of nitrogens with one attached hydrogen (secondary N) is 1. The van der Waals surface area contributed by atoms with Crippen molar-refractivity contribution in [3.05, 3.63) is 93.5 Å². The standard InChI is InChI=1S/C31H31N3O2S3/c1-19-8-11-22(12-9-19)28-24-15-20(2)10-13-25(24)36-26(28)18-34(17-23-7-6-14-39-23)31(35)33-29-27(37-4)16-21(3)32-30(29)38-5/h6-16H,17-18H2,1-5H3,(H,33,35). The normalized spacial score (nSPS) is 11.2. The largest absolute Gasteiger partial charge is 0.459 e. The molecule has 2 aromatic carbocycles. The van der Waals surface area contributed by atoms with Crippen LogP contribution in [0.25, 0.3) is 22.1 Å². The van der Waals surface area contributed by atoms with Crippen molar-refractivity contribution in [3.63, 3.8) is 0 Å². The molecule has 0 aliphatic heterocycles. The van der Waals surface area contributed by atoms with E-state index in [1.54, 1.807) is 23.1 Å². The number of carbonyl (C=O) groups excluding carboxylic acids is 1. The van der Waals surface area contributed by atoms with Gasteiger partial charge in [-0.05, 0) is 68.5 Å². The number of nitrogens with zero attached hydrogens (tertiary/aromatic N) is 2. The van der Waals surface area contributed by atoms with Crippen molar-refractivity contribution < 1.29 is 9.21 Å². The fourth-order valence-corrected chi connectivity index (χ4v) is 6.62. The summed E-state index contributed by atoms with van der Waals surface area (Å²) in [5, 5.41) is 7.10. The molecule has 0 unspecified atom stereocenters. The minimum atomic E-state index is -0.189. The summed E-state index contributed by atoms with van der Waals surface area (Å²) < 4.78 is 6.46. The number of amides is 2. The molecule has 3 heterocycles. The molecule has 39 heavy (non-hydrogen) atoms. The van der Waals surface area contributed by atoms with Crippen LogP contribution in [0.1, 0.15) is 27.5 Å². The quantitative estimate of drug-likeness (QED) is 0.188. The van der Waals surface area contributed by atoms with Crippen LogP contribution in [-0.2, 0) is 13.1 Å². The number of rotatable bonds is 8. The van der Waals surface area contributed by atoms with Gasteiger partial charge in [-0.15, -0.1) is 34.9 Å². The first kappa shape index (κ1) is 27.4. The van der Waals surface area contributed by atoms with Crippen LogP contribution in [0.5, 0.6) is 0 Å². The second kappa shape index (κ2) is 11.9. The van der Waals surface area contributed by atoms with Crippen molar-refractivity contribution in [1.82, 2.24) is 9.88 Å². The van der Waals surface area contributed by atoms with E-state index < -0.39 is 0 Å². The first-order chi connectivity index (χ1) is 18.9. The van der Waals surface area contributed by atoms with Crippen LogP contribution in [-0.4, -0.2) is 28.4 Å². The summed E-state index contributed by atoms with van der Waals surface area (Å²) in [4.78, 5) is 22.5. The van der Waals surface area contributed by atoms with Gasteiger partial charge in [0.05, 0.1) is 18.8 Å². The third-order valence-electron chi connectivity index (χ3n) is 6.53. The number of furan rings is 1. The Morgan fingerprint density at radius 2 is 1.74 bits per heavy atom. The van der Waals surface area contributed by atoms with Crippen LogP contribution >= 0.6 is 34.9 Å². The van der Waals surface area contributed by atoms with Gasteiger partial charge in [-0.1, -0.05) is 47.5 Å². The molecule has 8 heteroatoms. The van der Waals surface area contributed by atoms with Gasteiger partial charge in [0.1, 0.15) is 16.4 Å². The number of thioether (sulfide) groups is 2. The Balaban J connectivity index is 1.57. The Kier molecular flexibility index (Phi) is 8.35. The van der Waals surface area contributed by atoms with E-state index in [1.807, 2.05) is 47.9 Å². The summed E-state index contributed by atoms with van der Waals surface area (Å²) in [5.74, 6) is 0.767. The lowest BCUT2D eigenvalue weighted by atomic mass is 9.99. The number of anilines is 1. The summed E-state index contributed by atoms with van der Waals surface area (Å²) in [6, 6.07) is 20.6. The fraction of sp³-hybridized carbons (Fsp3) is 0.226.